The Hall–Kier alpha value is -4.32. The molecule has 1 aromatic heterocycles. The first-order valence-electron chi connectivity index (χ1n) is 25.8. The SMILES string of the molecule is COCCOCCOC(=O)n1nc(C(F)(F)F)cc1C(=O)NC1(C(=O)N[C@@]23CC[C@]4(C)[C@H](CC[C@@H]5[C@@]6(C)CC[C@H](OC(=O)[C@H]7C[C@@H](C(=O)O)C7(C)C)C(C)(C)[C@@H]6CC[C@]54C)C2=C(C(C)C)C(=O)C3)CCC1. The van der Waals surface area contributed by atoms with Gasteiger partial charge in [0, 0.05) is 25.0 Å². The average Bonchev–Trinajstić information content (AvgIpc) is 3.84. The smallest absolute Gasteiger partial charge is 0.435 e. The molecule has 7 aliphatic rings. The van der Waals surface area contributed by atoms with E-state index >= 15 is 0 Å². The van der Waals surface area contributed by atoms with Crippen LogP contribution in [0.1, 0.15) is 162 Å². The number of hydrogen-bond donors (Lipinski definition) is 3. The zero-order valence-corrected chi connectivity index (χ0v) is 43.2. The number of halogens is 3. The van der Waals surface area contributed by atoms with Crippen molar-refractivity contribution in [3.8, 4) is 0 Å². The molecule has 2 amide bonds. The van der Waals surface area contributed by atoms with Crippen LogP contribution >= 0.6 is 0 Å². The molecule has 6 fully saturated rings. The first-order chi connectivity index (χ1) is 33.0. The second-order valence-corrected chi connectivity index (χ2v) is 24.5. The third-order valence-electron chi connectivity index (χ3n) is 20.1. The maximum Gasteiger partial charge on any atom is 0.435 e. The third kappa shape index (κ3) is 8.44. The number of alkyl halides is 3. The number of nitrogens with one attached hydrogen (secondary N) is 2. The normalized spacial score (nSPS) is 35.4. The number of carbonyl (C=O) groups is 6. The van der Waals surface area contributed by atoms with Crippen LogP contribution in [0, 0.1) is 62.6 Å². The zero-order valence-electron chi connectivity index (χ0n) is 43.2. The number of carbonyl (C=O) groups excluding carboxylic acids is 5. The van der Waals surface area contributed by atoms with Gasteiger partial charge in [-0.3, -0.25) is 24.0 Å². The summed E-state index contributed by atoms with van der Waals surface area (Å²) in [6.07, 6.45) is 1.02. The molecule has 10 atom stereocenters. The lowest BCUT2D eigenvalue weighted by atomic mass is 9.33. The number of rotatable bonds is 14. The van der Waals surface area contributed by atoms with Gasteiger partial charge >= 0.3 is 24.2 Å². The maximum absolute atomic E-state index is 14.9. The molecule has 394 valence electrons. The number of ether oxygens (including phenoxy) is 4. The summed E-state index contributed by atoms with van der Waals surface area (Å²) >= 11 is 0. The van der Waals surface area contributed by atoms with Gasteiger partial charge in [0.25, 0.3) is 5.91 Å². The molecular formula is C53H75F3N4O11. The van der Waals surface area contributed by atoms with E-state index in [0.717, 1.165) is 49.7 Å². The Bertz CT molecular complexity index is 2370. The number of methoxy groups -OCH3 is 1. The highest BCUT2D eigenvalue weighted by Crippen LogP contribution is 2.76. The van der Waals surface area contributed by atoms with Crippen molar-refractivity contribution in [1.82, 2.24) is 20.4 Å². The van der Waals surface area contributed by atoms with Crippen LogP contribution in [0.2, 0.25) is 0 Å². The number of esters is 1. The molecule has 1 aromatic rings. The predicted octanol–water partition coefficient (Wildman–Crippen LogP) is 8.71. The fourth-order valence-corrected chi connectivity index (χ4v) is 15.8. The van der Waals surface area contributed by atoms with Gasteiger partial charge in [0.2, 0.25) is 5.91 Å². The minimum Gasteiger partial charge on any atom is -0.481 e. The molecule has 0 unspecified atom stereocenters. The molecule has 1 heterocycles. The van der Waals surface area contributed by atoms with Gasteiger partial charge in [-0.2, -0.15) is 23.0 Å². The Labute approximate surface area is 414 Å². The molecule has 0 aliphatic heterocycles. The topological polar surface area (TPSA) is 201 Å². The predicted molar refractivity (Wildman–Crippen MR) is 251 cm³/mol. The summed E-state index contributed by atoms with van der Waals surface area (Å²) in [6, 6.07) is 0.462. The van der Waals surface area contributed by atoms with E-state index in [1.54, 1.807) is 0 Å². The molecule has 71 heavy (non-hydrogen) atoms. The number of allylic oxidation sites excluding steroid dienone is 1. The van der Waals surface area contributed by atoms with E-state index in [9.17, 15) is 47.0 Å². The van der Waals surface area contributed by atoms with Crippen molar-refractivity contribution >= 4 is 35.6 Å². The van der Waals surface area contributed by atoms with Gasteiger partial charge in [-0.15, -0.1) is 0 Å². The van der Waals surface area contributed by atoms with Crippen LogP contribution in [-0.4, -0.2) is 101 Å². The summed E-state index contributed by atoms with van der Waals surface area (Å²) in [6.45, 7) is 19.5. The van der Waals surface area contributed by atoms with E-state index in [4.69, 9.17) is 18.9 Å². The molecule has 3 N–H and O–H groups in total. The molecule has 6 saturated carbocycles. The highest BCUT2D eigenvalue weighted by atomic mass is 19.4. The van der Waals surface area contributed by atoms with Crippen LogP contribution in [0.25, 0.3) is 0 Å². The van der Waals surface area contributed by atoms with Crippen LogP contribution in [0.4, 0.5) is 18.0 Å². The Morgan fingerprint density at radius 2 is 1.52 bits per heavy atom. The fourth-order valence-electron chi connectivity index (χ4n) is 15.8. The van der Waals surface area contributed by atoms with Crippen LogP contribution < -0.4 is 10.6 Å². The Balaban J connectivity index is 1.02. The van der Waals surface area contributed by atoms with Crippen molar-refractivity contribution in [2.75, 3.05) is 33.5 Å². The Morgan fingerprint density at radius 1 is 0.831 bits per heavy atom. The Morgan fingerprint density at radius 3 is 2.13 bits per heavy atom. The number of nitrogens with zero attached hydrogens (tertiary/aromatic N) is 2. The highest BCUT2D eigenvalue weighted by Gasteiger charge is 2.71. The number of aromatic nitrogens is 2. The van der Waals surface area contributed by atoms with Gasteiger partial charge in [-0.25, -0.2) is 4.79 Å². The lowest BCUT2D eigenvalue weighted by molar-refractivity contribution is -0.235. The molecule has 15 nitrogen and oxygen atoms in total. The van der Waals surface area contributed by atoms with Crippen molar-refractivity contribution < 1.29 is 66.0 Å². The number of aliphatic carboxylic acids is 1. The van der Waals surface area contributed by atoms with Gasteiger partial charge < -0.3 is 34.7 Å². The van der Waals surface area contributed by atoms with Crippen molar-refractivity contribution in [2.24, 2.45) is 62.6 Å². The molecule has 0 aromatic carbocycles. The number of fused-ring (bicyclic) bond motifs is 7. The summed E-state index contributed by atoms with van der Waals surface area (Å²) in [5.41, 5.74) is -4.57. The zero-order chi connectivity index (χ0) is 52.1. The van der Waals surface area contributed by atoms with E-state index in [2.05, 4.69) is 50.4 Å². The summed E-state index contributed by atoms with van der Waals surface area (Å²) in [5, 5.41) is 19.2. The number of Topliss-reactive ketones (excluding diaryl/α,β-unsaturated/α-hetero) is 1. The first kappa shape index (κ1) is 53.0. The largest absolute Gasteiger partial charge is 0.481 e. The Kier molecular flexibility index (Phi) is 13.6. The lowest BCUT2D eigenvalue weighted by Crippen LogP contribution is -2.70. The highest BCUT2D eigenvalue weighted by molar-refractivity contribution is 6.04. The number of hydrogen-bond acceptors (Lipinski definition) is 11. The van der Waals surface area contributed by atoms with Crippen molar-refractivity contribution in [2.45, 2.75) is 169 Å². The molecule has 18 heteroatoms. The van der Waals surface area contributed by atoms with Crippen molar-refractivity contribution in [3.05, 3.63) is 28.6 Å². The second-order valence-electron chi connectivity index (χ2n) is 24.5. The number of carboxylic acids is 1. The van der Waals surface area contributed by atoms with Gasteiger partial charge in [0.05, 0.1) is 37.2 Å². The summed E-state index contributed by atoms with van der Waals surface area (Å²) in [4.78, 5) is 82.0. The van der Waals surface area contributed by atoms with Gasteiger partial charge in [0.15, 0.2) is 11.5 Å². The van der Waals surface area contributed by atoms with Crippen molar-refractivity contribution in [3.63, 3.8) is 0 Å². The third-order valence-corrected chi connectivity index (χ3v) is 20.1. The second kappa shape index (κ2) is 18.3. The van der Waals surface area contributed by atoms with E-state index < -0.39 is 69.8 Å². The van der Waals surface area contributed by atoms with Crippen LogP contribution in [0.3, 0.4) is 0 Å². The molecule has 0 spiro atoms. The monoisotopic (exact) mass is 1000 g/mol. The fraction of sp³-hybridized carbons (Fsp3) is 0.792. The van der Waals surface area contributed by atoms with Gasteiger partial charge in [0.1, 0.15) is 23.9 Å². The van der Waals surface area contributed by atoms with Gasteiger partial charge in [-0.1, -0.05) is 62.3 Å². The molecule has 0 saturated heterocycles. The minimum absolute atomic E-state index is 0.0150. The lowest BCUT2D eigenvalue weighted by Gasteiger charge is -2.72. The standard InChI is InChI=1S/C53H75F3N4O11/c1-29(2)39-34(61)28-52(58-44(66)51(16-11-17-51)57-41(62)33-27-37(53(54,55)56)59-60(33)45(67)70-25-24-69-23-22-68-10)21-20-49(8)30(40(39)52)12-13-36-48(7)18-15-38(47(5,6)35(48)14-19-50(36,49)9)71-43(65)32-26-31(42(63)64)46(32,3)4/h27,29-32,35-36,38H,11-26,28H2,1-10H3,(H,57,62)(H,58,66)(H,63,64)/t30-,31+,32-,35+,36-,38+,48+,49-,50-,52-/m1/s1. The first-order valence-corrected chi connectivity index (χ1v) is 25.8. The van der Waals surface area contributed by atoms with Crippen molar-refractivity contribution in [1.29, 1.82) is 0 Å². The number of carboxylic acid groups (broad SMARTS) is 1. The van der Waals surface area contributed by atoms with Crippen LogP contribution in [-0.2, 0) is 44.3 Å². The molecular weight excluding hydrogens is 926 g/mol. The quantitative estimate of drug-likeness (QED) is 0.118. The summed E-state index contributed by atoms with van der Waals surface area (Å²) in [5.74, 6) is -3.45. The molecule has 7 aliphatic carbocycles. The molecule has 0 bridgehead atoms. The van der Waals surface area contributed by atoms with E-state index in [0.29, 0.717) is 31.2 Å². The maximum atomic E-state index is 14.9. The summed E-state index contributed by atoms with van der Waals surface area (Å²) in [7, 11) is 1.48. The van der Waals surface area contributed by atoms with Crippen LogP contribution in [0.15, 0.2) is 17.2 Å². The van der Waals surface area contributed by atoms with E-state index in [1.807, 2.05) is 27.7 Å². The van der Waals surface area contributed by atoms with E-state index in [1.165, 1.54) is 7.11 Å². The number of ketones is 1. The number of amides is 2. The molecule has 8 rings (SSSR count). The molecule has 0 radical (unpaired) electrons. The summed E-state index contributed by atoms with van der Waals surface area (Å²) < 4.78 is 63.9. The average molecular weight is 1000 g/mol. The van der Waals surface area contributed by atoms with Crippen LogP contribution in [0.5, 0.6) is 0 Å². The van der Waals surface area contributed by atoms with Gasteiger partial charge in [-0.05, 0) is 134 Å². The minimum atomic E-state index is -5.00. The van der Waals surface area contributed by atoms with E-state index in [-0.39, 0.29) is 114 Å².